The van der Waals surface area contributed by atoms with Gasteiger partial charge < -0.3 is 0 Å². The first-order valence-corrected chi connectivity index (χ1v) is 9.31. The van der Waals surface area contributed by atoms with Crippen molar-refractivity contribution >= 4 is 30.8 Å². The van der Waals surface area contributed by atoms with Crippen molar-refractivity contribution in [1.82, 2.24) is 0 Å². The molecule has 0 aliphatic heterocycles. The van der Waals surface area contributed by atoms with Gasteiger partial charge in [-0.05, 0) is 31.0 Å². The summed E-state index contributed by atoms with van der Waals surface area (Å²) in [7, 11) is -1.06. The molecule has 0 atom stereocenters. The van der Waals surface area contributed by atoms with E-state index in [1.54, 1.807) is 0 Å². The molecule has 0 aromatic heterocycles. The van der Waals surface area contributed by atoms with Crippen LogP contribution in [0.15, 0.2) is 34.2 Å². The number of rotatable bonds is 3. The van der Waals surface area contributed by atoms with E-state index in [4.69, 9.17) is 0 Å². The maximum atomic E-state index is 3.86. The summed E-state index contributed by atoms with van der Waals surface area (Å²) in [4.78, 5) is 5.20. The SMILES string of the molecule is C=Nc1ccc(S[Si](C)(C)C)cc1. The van der Waals surface area contributed by atoms with Gasteiger partial charge in [0.15, 0.2) is 0 Å². The van der Waals surface area contributed by atoms with Gasteiger partial charge in [-0.2, -0.15) is 11.2 Å². The monoisotopic (exact) mass is 209 g/mol. The van der Waals surface area contributed by atoms with Crippen LogP contribution in [0.2, 0.25) is 19.6 Å². The molecule has 0 bridgehead atoms. The van der Waals surface area contributed by atoms with Crippen molar-refractivity contribution in [1.29, 1.82) is 0 Å². The molecule has 0 amide bonds. The van der Waals surface area contributed by atoms with Gasteiger partial charge in [-0.25, -0.2) is 0 Å². The summed E-state index contributed by atoms with van der Waals surface area (Å²) in [6.45, 7) is 10.5. The van der Waals surface area contributed by atoms with Crippen LogP contribution in [0, 0.1) is 0 Å². The van der Waals surface area contributed by atoms with Crippen molar-refractivity contribution in [3.05, 3.63) is 24.3 Å². The first kappa shape index (κ1) is 10.5. The van der Waals surface area contributed by atoms with Crippen LogP contribution in [0.1, 0.15) is 0 Å². The summed E-state index contributed by atoms with van der Waals surface area (Å²) < 4.78 is 0. The lowest BCUT2D eigenvalue weighted by Crippen LogP contribution is -2.13. The van der Waals surface area contributed by atoms with Crippen LogP contribution in [0.5, 0.6) is 0 Å². The largest absolute Gasteiger partial charge is 0.265 e. The number of aliphatic imine (C=N–C) groups is 1. The zero-order valence-electron chi connectivity index (χ0n) is 8.37. The quantitative estimate of drug-likeness (QED) is 0.542. The second-order valence-electron chi connectivity index (χ2n) is 3.87. The second-order valence-corrected chi connectivity index (χ2v) is 13.1. The molecule has 0 saturated carbocycles. The molecular weight excluding hydrogens is 194 g/mol. The topological polar surface area (TPSA) is 12.4 Å². The van der Waals surface area contributed by atoms with E-state index < -0.39 is 7.22 Å². The molecule has 13 heavy (non-hydrogen) atoms. The van der Waals surface area contributed by atoms with Gasteiger partial charge >= 0.3 is 0 Å². The zero-order chi connectivity index (χ0) is 9.90. The summed E-state index contributed by atoms with van der Waals surface area (Å²) in [6.07, 6.45) is 0. The molecule has 0 N–H and O–H groups in total. The third-order valence-corrected chi connectivity index (χ3v) is 5.11. The summed E-state index contributed by atoms with van der Waals surface area (Å²) in [5.41, 5.74) is 0.944. The fourth-order valence-corrected chi connectivity index (χ4v) is 4.48. The summed E-state index contributed by atoms with van der Waals surface area (Å²) in [5.74, 6) is 0. The molecule has 1 aromatic rings. The first-order chi connectivity index (χ1) is 6.01. The Morgan fingerprint density at radius 1 is 1.15 bits per heavy atom. The Morgan fingerprint density at radius 2 is 1.69 bits per heavy atom. The highest BCUT2D eigenvalue weighted by Crippen LogP contribution is 2.29. The van der Waals surface area contributed by atoms with Crippen LogP contribution in [0.4, 0.5) is 5.69 Å². The van der Waals surface area contributed by atoms with Crippen molar-refractivity contribution in [2.45, 2.75) is 24.5 Å². The predicted octanol–water partition coefficient (Wildman–Crippen LogP) is 3.95. The van der Waals surface area contributed by atoms with Crippen molar-refractivity contribution < 1.29 is 0 Å². The molecule has 0 saturated heterocycles. The fourth-order valence-electron chi connectivity index (χ4n) is 0.973. The lowest BCUT2D eigenvalue weighted by atomic mass is 10.3. The Labute approximate surface area is 84.9 Å². The second kappa shape index (κ2) is 4.11. The van der Waals surface area contributed by atoms with E-state index in [0.29, 0.717) is 0 Å². The van der Waals surface area contributed by atoms with Gasteiger partial charge in [-0.1, -0.05) is 19.6 Å². The highest BCUT2D eigenvalue weighted by molar-refractivity contribution is 8.28. The van der Waals surface area contributed by atoms with E-state index in [-0.39, 0.29) is 0 Å². The van der Waals surface area contributed by atoms with Crippen molar-refractivity contribution in [3.63, 3.8) is 0 Å². The normalized spacial score (nSPS) is 11.3. The van der Waals surface area contributed by atoms with E-state index in [1.807, 2.05) is 23.3 Å². The minimum Gasteiger partial charge on any atom is -0.265 e. The van der Waals surface area contributed by atoms with Crippen LogP contribution in [-0.2, 0) is 0 Å². The first-order valence-electron chi connectivity index (χ1n) is 4.27. The van der Waals surface area contributed by atoms with Crippen molar-refractivity contribution in [2.24, 2.45) is 4.99 Å². The lowest BCUT2D eigenvalue weighted by molar-refractivity contribution is 1.43. The van der Waals surface area contributed by atoms with Crippen LogP contribution < -0.4 is 0 Å². The third kappa shape index (κ3) is 3.78. The Hall–Kier alpha value is -0.543. The summed E-state index contributed by atoms with van der Waals surface area (Å²) in [5, 5.41) is 0. The van der Waals surface area contributed by atoms with Gasteiger partial charge in [0.05, 0.1) is 5.69 Å². The molecule has 0 fully saturated rings. The fraction of sp³-hybridized carbons (Fsp3) is 0.300. The van der Waals surface area contributed by atoms with Gasteiger partial charge in [0.25, 0.3) is 0 Å². The Kier molecular flexibility index (Phi) is 3.33. The van der Waals surface area contributed by atoms with Crippen LogP contribution in [0.3, 0.4) is 0 Å². The number of hydrogen-bond donors (Lipinski definition) is 0. The van der Waals surface area contributed by atoms with Gasteiger partial charge in [0, 0.05) is 4.90 Å². The molecule has 0 spiro atoms. The average molecular weight is 209 g/mol. The highest BCUT2D eigenvalue weighted by atomic mass is 32.4. The van der Waals surface area contributed by atoms with E-state index in [9.17, 15) is 0 Å². The molecule has 1 aromatic carbocycles. The zero-order valence-corrected chi connectivity index (χ0v) is 10.2. The van der Waals surface area contributed by atoms with E-state index >= 15 is 0 Å². The maximum absolute atomic E-state index is 3.86. The molecule has 0 aliphatic carbocycles. The number of hydrogen-bond acceptors (Lipinski definition) is 2. The van der Waals surface area contributed by atoms with Crippen molar-refractivity contribution in [2.75, 3.05) is 0 Å². The molecular formula is C10H15NSSi. The van der Waals surface area contributed by atoms with E-state index in [1.165, 1.54) is 4.90 Å². The standard InChI is InChI=1S/C10H15NSSi/c1-11-9-5-7-10(8-6-9)12-13(2,3)4/h5-8H,1H2,2-4H3. The number of nitrogens with zero attached hydrogens (tertiary/aromatic N) is 1. The third-order valence-electron chi connectivity index (χ3n) is 1.44. The minimum absolute atomic E-state index is 0.944. The molecule has 0 radical (unpaired) electrons. The molecule has 0 aliphatic rings. The number of benzene rings is 1. The van der Waals surface area contributed by atoms with Gasteiger partial charge in [0.1, 0.15) is 7.22 Å². The smallest absolute Gasteiger partial charge is 0.114 e. The molecule has 3 heteroatoms. The lowest BCUT2D eigenvalue weighted by Gasteiger charge is -2.14. The van der Waals surface area contributed by atoms with Gasteiger partial charge in [-0.3, -0.25) is 4.99 Å². The van der Waals surface area contributed by atoms with Gasteiger partial charge in [0.2, 0.25) is 0 Å². The van der Waals surface area contributed by atoms with Crippen LogP contribution in [-0.4, -0.2) is 13.9 Å². The van der Waals surface area contributed by atoms with Crippen LogP contribution >= 0.6 is 11.2 Å². The molecule has 0 heterocycles. The maximum Gasteiger partial charge on any atom is 0.114 e. The van der Waals surface area contributed by atoms with E-state index in [0.717, 1.165) is 5.69 Å². The highest BCUT2D eigenvalue weighted by Gasteiger charge is 2.14. The minimum atomic E-state index is -1.06. The predicted molar refractivity (Wildman–Crippen MR) is 64.9 cm³/mol. The summed E-state index contributed by atoms with van der Waals surface area (Å²) in [6, 6.07) is 8.25. The Bertz CT molecular complexity index is 287. The Morgan fingerprint density at radius 3 is 2.08 bits per heavy atom. The molecule has 0 unspecified atom stereocenters. The van der Waals surface area contributed by atoms with Crippen molar-refractivity contribution in [3.8, 4) is 0 Å². The molecule has 70 valence electrons. The van der Waals surface area contributed by atoms with Crippen LogP contribution in [0.25, 0.3) is 0 Å². The van der Waals surface area contributed by atoms with Gasteiger partial charge in [-0.15, -0.1) is 0 Å². The Balaban J connectivity index is 2.75. The average Bonchev–Trinajstić information content (AvgIpc) is 2.03. The molecule has 1 rings (SSSR count). The molecule has 1 nitrogen and oxygen atoms in total. The van der Waals surface area contributed by atoms with E-state index in [2.05, 4.69) is 43.5 Å². The summed E-state index contributed by atoms with van der Waals surface area (Å²) >= 11 is 2.00.